The van der Waals surface area contributed by atoms with Gasteiger partial charge < -0.3 is 10.7 Å². The molecule has 2 heterocycles. The van der Waals surface area contributed by atoms with E-state index in [1.165, 1.54) is 22.0 Å². The van der Waals surface area contributed by atoms with Crippen LogP contribution in [0.3, 0.4) is 0 Å². The maximum absolute atomic E-state index is 12.8. The highest BCUT2D eigenvalue weighted by molar-refractivity contribution is 8.00. The molecule has 0 aliphatic carbocycles. The van der Waals surface area contributed by atoms with Crippen molar-refractivity contribution in [1.82, 2.24) is 14.9 Å². The van der Waals surface area contributed by atoms with Crippen molar-refractivity contribution in [2.45, 2.75) is 43.6 Å². The molecule has 0 radical (unpaired) electrons. The Morgan fingerprint density at radius 3 is 2.82 bits per heavy atom. The Morgan fingerprint density at radius 2 is 2.14 bits per heavy atom. The number of thioether (sulfide) groups is 1. The summed E-state index contributed by atoms with van der Waals surface area (Å²) in [6, 6.07) is 8.23. The topological polar surface area (TPSA) is 77.0 Å². The number of aromatic nitrogens is 3. The van der Waals surface area contributed by atoms with Crippen LogP contribution in [0, 0.1) is 6.92 Å². The summed E-state index contributed by atoms with van der Waals surface area (Å²) in [5.74, 6) is 6.55. The van der Waals surface area contributed by atoms with Crippen LogP contribution in [-0.2, 0) is 11.2 Å². The highest BCUT2D eigenvalue weighted by atomic mass is 32.2. The summed E-state index contributed by atoms with van der Waals surface area (Å²) in [4.78, 5) is 14.7. The lowest BCUT2D eigenvalue weighted by Crippen LogP contribution is -2.40. The minimum absolute atomic E-state index is 0.0723. The summed E-state index contributed by atoms with van der Waals surface area (Å²) in [5.41, 5.74) is 2.23. The molecule has 0 unspecified atom stereocenters. The molecule has 3 rings (SSSR count). The van der Waals surface area contributed by atoms with Crippen molar-refractivity contribution in [2.24, 2.45) is 0 Å². The molecule has 6 nitrogen and oxygen atoms in total. The Bertz CT molecular complexity index is 714. The van der Waals surface area contributed by atoms with Crippen molar-refractivity contribution >= 4 is 23.4 Å². The number of hydrogen-bond acceptors (Lipinski definition) is 5. The Morgan fingerprint density at radius 1 is 1.41 bits per heavy atom. The van der Waals surface area contributed by atoms with E-state index in [2.05, 4.69) is 23.2 Å². The fraction of sp³-hybridized carbons (Fsp3) is 0.400. The molecule has 0 bridgehead atoms. The maximum Gasteiger partial charge on any atom is 0.240 e. The van der Waals surface area contributed by atoms with Gasteiger partial charge in [-0.3, -0.25) is 4.79 Å². The molecule has 1 aromatic heterocycles. The van der Waals surface area contributed by atoms with Crippen LogP contribution in [0.25, 0.3) is 0 Å². The molecule has 116 valence electrons. The van der Waals surface area contributed by atoms with E-state index in [1.807, 2.05) is 30.0 Å². The number of hydrogen-bond donors (Lipinski definition) is 1. The van der Waals surface area contributed by atoms with Gasteiger partial charge in [-0.05, 0) is 38.8 Å². The van der Waals surface area contributed by atoms with Crippen LogP contribution in [0.15, 0.2) is 29.4 Å². The molecule has 1 aromatic carbocycles. The smallest absolute Gasteiger partial charge is 0.240 e. The SMILES string of the molecule is Cc1nnc(S[C@H](C)C(=O)N2c3ccccc3C[C@@H]2C)n1N. The number of nitrogens with zero attached hydrogens (tertiary/aromatic N) is 4. The zero-order chi connectivity index (χ0) is 15.9. The first-order valence-corrected chi connectivity index (χ1v) is 8.11. The third kappa shape index (κ3) is 2.45. The zero-order valence-electron chi connectivity index (χ0n) is 12.9. The Labute approximate surface area is 133 Å². The summed E-state index contributed by atoms with van der Waals surface area (Å²) < 4.78 is 1.41. The zero-order valence-corrected chi connectivity index (χ0v) is 13.7. The summed E-state index contributed by atoms with van der Waals surface area (Å²) >= 11 is 1.34. The summed E-state index contributed by atoms with van der Waals surface area (Å²) in [6.45, 7) is 5.73. The molecular formula is C15H19N5OS. The average Bonchev–Trinajstić information content (AvgIpc) is 2.99. The molecule has 1 aliphatic heterocycles. The van der Waals surface area contributed by atoms with Gasteiger partial charge in [-0.15, -0.1) is 10.2 Å². The summed E-state index contributed by atoms with van der Waals surface area (Å²) in [6.07, 6.45) is 0.894. The van der Waals surface area contributed by atoms with Gasteiger partial charge in [0.25, 0.3) is 0 Å². The van der Waals surface area contributed by atoms with Crippen molar-refractivity contribution in [1.29, 1.82) is 0 Å². The van der Waals surface area contributed by atoms with Gasteiger partial charge >= 0.3 is 0 Å². The monoisotopic (exact) mass is 317 g/mol. The van der Waals surface area contributed by atoms with Crippen LogP contribution in [0.5, 0.6) is 0 Å². The predicted octanol–water partition coefficient (Wildman–Crippen LogP) is 1.76. The van der Waals surface area contributed by atoms with Gasteiger partial charge in [0.2, 0.25) is 11.1 Å². The van der Waals surface area contributed by atoms with Crippen LogP contribution in [-0.4, -0.2) is 32.1 Å². The van der Waals surface area contributed by atoms with Gasteiger partial charge in [-0.1, -0.05) is 30.0 Å². The van der Waals surface area contributed by atoms with Crippen LogP contribution < -0.4 is 10.7 Å². The Kier molecular flexibility index (Phi) is 3.82. The molecular weight excluding hydrogens is 298 g/mol. The minimum Gasteiger partial charge on any atom is -0.336 e. The molecule has 2 atom stereocenters. The molecule has 2 N–H and O–H groups in total. The number of amides is 1. The number of rotatable bonds is 3. The molecule has 0 saturated carbocycles. The van der Waals surface area contributed by atoms with Crippen molar-refractivity contribution in [3.63, 3.8) is 0 Å². The number of carbonyl (C=O) groups excluding carboxylic acids is 1. The Balaban J connectivity index is 1.80. The van der Waals surface area contributed by atoms with Crippen molar-refractivity contribution < 1.29 is 4.79 Å². The average molecular weight is 317 g/mol. The number of carbonyl (C=O) groups is 1. The number of benzene rings is 1. The largest absolute Gasteiger partial charge is 0.336 e. The van der Waals surface area contributed by atoms with Gasteiger partial charge in [-0.25, -0.2) is 4.68 Å². The molecule has 1 aliphatic rings. The Hall–Kier alpha value is -2.02. The van der Waals surface area contributed by atoms with E-state index < -0.39 is 0 Å². The molecule has 0 fully saturated rings. The van der Waals surface area contributed by atoms with Gasteiger partial charge in [0.1, 0.15) is 5.82 Å². The first-order chi connectivity index (χ1) is 10.5. The van der Waals surface area contributed by atoms with Crippen LogP contribution in [0.1, 0.15) is 25.2 Å². The minimum atomic E-state index is -0.278. The number of aryl methyl sites for hydroxylation is 1. The molecule has 0 saturated heterocycles. The lowest BCUT2D eigenvalue weighted by Gasteiger charge is -2.25. The van der Waals surface area contributed by atoms with E-state index in [0.29, 0.717) is 11.0 Å². The summed E-state index contributed by atoms with van der Waals surface area (Å²) in [5, 5.41) is 8.20. The van der Waals surface area contributed by atoms with Crippen molar-refractivity contribution in [2.75, 3.05) is 10.7 Å². The first kappa shape index (κ1) is 14.9. The number of nitrogens with two attached hydrogens (primary N) is 1. The maximum atomic E-state index is 12.8. The highest BCUT2D eigenvalue weighted by Gasteiger charge is 2.33. The van der Waals surface area contributed by atoms with E-state index >= 15 is 0 Å². The standard InChI is InChI=1S/C15H19N5OS/c1-9-8-12-6-4-5-7-13(12)19(9)14(21)10(2)22-15-18-17-11(3)20(15)16/h4-7,9-10H,8,16H2,1-3H3/t9-,10+/m0/s1. The highest BCUT2D eigenvalue weighted by Crippen LogP contribution is 2.34. The van der Waals surface area contributed by atoms with Crippen LogP contribution in [0.4, 0.5) is 5.69 Å². The molecule has 2 aromatic rings. The normalized spacial score (nSPS) is 18.3. The molecule has 7 heteroatoms. The van der Waals surface area contributed by atoms with E-state index in [1.54, 1.807) is 6.92 Å². The van der Waals surface area contributed by atoms with Gasteiger partial charge in [0, 0.05) is 11.7 Å². The fourth-order valence-corrected chi connectivity index (χ4v) is 3.60. The van der Waals surface area contributed by atoms with E-state index in [4.69, 9.17) is 5.84 Å². The van der Waals surface area contributed by atoms with Crippen LogP contribution >= 0.6 is 11.8 Å². The van der Waals surface area contributed by atoms with E-state index in [9.17, 15) is 4.79 Å². The van der Waals surface area contributed by atoms with Crippen molar-refractivity contribution in [3.05, 3.63) is 35.7 Å². The second kappa shape index (κ2) is 5.64. The van der Waals surface area contributed by atoms with Gasteiger partial charge in [-0.2, -0.15) is 0 Å². The number of para-hydroxylation sites is 1. The number of fused-ring (bicyclic) bond motifs is 1. The van der Waals surface area contributed by atoms with E-state index in [0.717, 1.165) is 12.1 Å². The van der Waals surface area contributed by atoms with Gasteiger partial charge in [0.15, 0.2) is 0 Å². The third-order valence-corrected chi connectivity index (χ3v) is 4.95. The van der Waals surface area contributed by atoms with E-state index in [-0.39, 0.29) is 17.2 Å². The molecule has 22 heavy (non-hydrogen) atoms. The van der Waals surface area contributed by atoms with Crippen molar-refractivity contribution in [3.8, 4) is 0 Å². The molecule has 1 amide bonds. The second-order valence-corrected chi connectivity index (χ2v) is 6.86. The lowest BCUT2D eigenvalue weighted by atomic mass is 10.1. The lowest BCUT2D eigenvalue weighted by molar-refractivity contribution is -0.118. The predicted molar refractivity (Wildman–Crippen MR) is 87.3 cm³/mol. The molecule has 0 spiro atoms. The number of nitrogen functional groups attached to an aromatic ring is 1. The quantitative estimate of drug-likeness (QED) is 0.689. The first-order valence-electron chi connectivity index (χ1n) is 7.23. The number of anilines is 1. The van der Waals surface area contributed by atoms with Gasteiger partial charge in [0.05, 0.1) is 5.25 Å². The third-order valence-electron chi connectivity index (χ3n) is 3.91. The second-order valence-electron chi connectivity index (χ2n) is 5.55. The van der Waals surface area contributed by atoms with Crippen LogP contribution in [0.2, 0.25) is 0 Å². The summed E-state index contributed by atoms with van der Waals surface area (Å²) in [7, 11) is 0. The fourth-order valence-electron chi connectivity index (χ4n) is 2.74.